The van der Waals surface area contributed by atoms with Crippen LogP contribution in [0.4, 0.5) is 14.9 Å². The number of carbonyl (C=O) groups excluding carboxylic acids is 2. The Kier molecular flexibility index (Phi) is 11.3. The molecule has 2 aromatic rings. The molecule has 55 heavy (non-hydrogen) atoms. The maximum atomic E-state index is 14.9. The van der Waals surface area contributed by atoms with Crippen molar-refractivity contribution in [3.05, 3.63) is 72.1 Å². The molecule has 0 spiro atoms. The van der Waals surface area contributed by atoms with E-state index in [2.05, 4.69) is 25.7 Å². The fourth-order valence-corrected chi connectivity index (χ4v) is 12.0. The van der Waals surface area contributed by atoms with E-state index in [9.17, 15) is 22.4 Å². The first-order valence-electron chi connectivity index (χ1n) is 20.5. The Morgan fingerprint density at radius 2 is 1.56 bits per heavy atom. The summed E-state index contributed by atoms with van der Waals surface area (Å²) in [5, 5.41) is -0.568. The molecule has 5 heterocycles. The topological polar surface area (TPSA) is 120 Å². The molecular formula is C42H57FN6O5S. The third kappa shape index (κ3) is 8.04. The fourth-order valence-electron chi connectivity index (χ4n) is 10.3. The normalized spacial score (nSPS) is 25.9. The summed E-state index contributed by atoms with van der Waals surface area (Å²) in [6.45, 7) is 11.1. The van der Waals surface area contributed by atoms with Crippen molar-refractivity contribution in [1.82, 2.24) is 19.6 Å². The zero-order valence-corrected chi connectivity index (χ0v) is 32.8. The average molecular weight is 777 g/mol. The van der Waals surface area contributed by atoms with Gasteiger partial charge in [-0.2, -0.15) is 0 Å². The Morgan fingerprint density at radius 3 is 2.20 bits per heavy atom. The van der Waals surface area contributed by atoms with Crippen molar-refractivity contribution in [2.45, 2.75) is 66.6 Å². The summed E-state index contributed by atoms with van der Waals surface area (Å²) in [4.78, 5) is 36.1. The second-order valence-electron chi connectivity index (χ2n) is 17.0. The summed E-state index contributed by atoms with van der Waals surface area (Å²) in [5.41, 5.74) is 7.31. The largest absolute Gasteiger partial charge is 0.446 e. The summed E-state index contributed by atoms with van der Waals surface area (Å²) in [5.74, 6) is 0.586. The van der Waals surface area contributed by atoms with Crippen LogP contribution in [0, 0.1) is 23.6 Å². The molecule has 1 unspecified atom stereocenters. The van der Waals surface area contributed by atoms with Gasteiger partial charge in [0.25, 0.3) is 0 Å². The Labute approximate surface area is 325 Å². The predicted octanol–water partition coefficient (Wildman–Crippen LogP) is 4.13. The lowest BCUT2D eigenvalue weighted by Crippen LogP contribution is -2.58. The predicted molar refractivity (Wildman–Crippen MR) is 210 cm³/mol. The molecule has 11 nitrogen and oxygen atoms in total. The molecule has 0 bridgehead atoms. The number of carbonyl (C=O) groups is 2. The quantitative estimate of drug-likeness (QED) is 0.283. The summed E-state index contributed by atoms with van der Waals surface area (Å²) in [6, 6.07) is 14.4. The van der Waals surface area contributed by atoms with Crippen LogP contribution in [-0.4, -0.2) is 136 Å². The molecule has 3 atom stereocenters. The molecule has 6 aliphatic rings. The van der Waals surface area contributed by atoms with Crippen LogP contribution in [0.1, 0.15) is 50.5 Å². The Bertz CT molecular complexity index is 1820. The van der Waals surface area contributed by atoms with Crippen LogP contribution in [0.2, 0.25) is 0 Å². The number of likely N-dealkylation sites (tertiary alicyclic amines) is 4. The molecule has 1 saturated carbocycles. The van der Waals surface area contributed by atoms with E-state index in [1.54, 1.807) is 29.2 Å². The molecule has 5 saturated heterocycles. The number of nitrogens with zero attached hydrogens (tertiary/aromatic N) is 5. The highest BCUT2D eigenvalue weighted by Crippen LogP contribution is 2.52. The van der Waals surface area contributed by atoms with Crippen LogP contribution >= 0.6 is 0 Å². The van der Waals surface area contributed by atoms with Crippen LogP contribution in [0.5, 0.6) is 0 Å². The van der Waals surface area contributed by atoms with Crippen molar-refractivity contribution in [2.75, 3.05) is 90.0 Å². The first kappa shape index (κ1) is 38.4. The highest BCUT2D eigenvalue weighted by Gasteiger charge is 2.54. The van der Waals surface area contributed by atoms with Gasteiger partial charge in [-0.05, 0) is 132 Å². The van der Waals surface area contributed by atoms with Gasteiger partial charge in [0.2, 0.25) is 5.91 Å². The van der Waals surface area contributed by atoms with Crippen LogP contribution in [-0.2, 0) is 24.8 Å². The van der Waals surface area contributed by atoms with Gasteiger partial charge in [-0.3, -0.25) is 9.69 Å². The lowest BCUT2D eigenvalue weighted by atomic mass is 9.58. The Morgan fingerprint density at radius 1 is 0.855 bits per heavy atom. The molecule has 0 aromatic heterocycles. The van der Waals surface area contributed by atoms with E-state index in [1.165, 1.54) is 18.9 Å². The summed E-state index contributed by atoms with van der Waals surface area (Å²) in [6.07, 6.45) is 9.52. The van der Waals surface area contributed by atoms with E-state index in [1.807, 2.05) is 24.3 Å². The SMILES string of the molecule is NC(=O)O[C@H]1CCC[C@@H]1C(CN1CCC1)(c1cccc(F)c1)C1CCN(CC2CN(c3ccc(S(=O)(=O)C4CN(C(=O)/C=C/CN5CCC5)C4)cc3)C2)CC1. The number of anilines is 1. The number of rotatable bonds is 14. The van der Waals surface area contributed by atoms with Crippen molar-refractivity contribution in [3.8, 4) is 0 Å². The van der Waals surface area contributed by atoms with E-state index in [0.29, 0.717) is 16.7 Å². The van der Waals surface area contributed by atoms with Gasteiger partial charge in [0.1, 0.15) is 17.2 Å². The highest BCUT2D eigenvalue weighted by molar-refractivity contribution is 7.92. The smallest absolute Gasteiger partial charge is 0.404 e. The highest BCUT2D eigenvalue weighted by atomic mass is 32.2. The van der Waals surface area contributed by atoms with Gasteiger partial charge in [-0.25, -0.2) is 17.6 Å². The first-order valence-corrected chi connectivity index (χ1v) is 22.1. The summed E-state index contributed by atoms with van der Waals surface area (Å²) < 4.78 is 47.4. The number of halogens is 1. The van der Waals surface area contributed by atoms with E-state index >= 15 is 0 Å². The van der Waals surface area contributed by atoms with Crippen molar-refractivity contribution in [3.63, 3.8) is 0 Å². The van der Waals surface area contributed by atoms with Gasteiger partial charge < -0.3 is 30.1 Å². The number of primary amides is 1. The van der Waals surface area contributed by atoms with Crippen molar-refractivity contribution < 1.29 is 27.1 Å². The van der Waals surface area contributed by atoms with Gasteiger partial charge in [0.05, 0.1) is 4.90 Å². The maximum Gasteiger partial charge on any atom is 0.404 e. The third-order valence-corrected chi connectivity index (χ3v) is 15.8. The van der Waals surface area contributed by atoms with Crippen LogP contribution < -0.4 is 10.6 Å². The van der Waals surface area contributed by atoms with Gasteiger partial charge in [-0.1, -0.05) is 18.2 Å². The molecule has 2 N–H and O–H groups in total. The molecule has 13 heteroatoms. The van der Waals surface area contributed by atoms with Crippen molar-refractivity contribution in [1.29, 1.82) is 0 Å². The van der Waals surface area contributed by atoms with Crippen LogP contribution in [0.25, 0.3) is 0 Å². The zero-order valence-electron chi connectivity index (χ0n) is 31.9. The van der Waals surface area contributed by atoms with Gasteiger partial charge in [0.15, 0.2) is 9.84 Å². The van der Waals surface area contributed by atoms with Crippen LogP contribution in [0.15, 0.2) is 65.6 Å². The Balaban J connectivity index is 0.849. The van der Waals surface area contributed by atoms with Gasteiger partial charge in [0, 0.05) is 74.8 Å². The molecule has 298 valence electrons. The molecule has 2 amide bonds. The first-order chi connectivity index (χ1) is 26.6. The van der Waals surface area contributed by atoms with Crippen LogP contribution in [0.3, 0.4) is 0 Å². The summed E-state index contributed by atoms with van der Waals surface area (Å²) in [7, 11) is -3.51. The van der Waals surface area contributed by atoms with E-state index < -0.39 is 21.2 Å². The number of piperidine rings is 1. The molecule has 6 fully saturated rings. The number of amides is 2. The number of sulfone groups is 1. The number of ether oxygens (including phenoxy) is 1. The second-order valence-corrected chi connectivity index (χ2v) is 19.2. The molecule has 5 aliphatic heterocycles. The van der Waals surface area contributed by atoms with E-state index in [4.69, 9.17) is 10.5 Å². The minimum absolute atomic E-state index is 0.0835. The summed E-state index contributed by atoms with van der Waals surface area (Å²) >= 11 is 0. The minimum atomic E-state index is -3.51. The van der Waals surface area contributed by atoms with Gasteiger partial charge in [-0.15, -0.1) is 0 Å². The number of benzene rings is 2. The number of hydrogen-bond donors (Lipinski definition) is 1. The van der Waals surface area contributed by atoms with Crippen molar-refractivity contribution >= 4 is 27.5 Å². The van der Waals surface area contributed by atoms with E-state index in [0.717, 1.165) is 115 Å². The Hall–Kier alpha value is -3.52. The number of hydrogen-bond acceptors (Lipinski definition) is 9. The maximum absolute atomic E-state index is 14.9. The number of nitrogens with two attached hydrogens (primary N) is 1. The fraction of sp³-hybridized carbons (Fsp3) is 0.619. The monoisotopic (exact) mass is 776 g/mol. The molecule has 8 rings (SSSR count). The second kappa shape index (κ2) is 16.1. The molecular weight excluding hydrogens is 720 g/mol. The van der Waals surface area contributed by atoms with Gasteiger partial charge >= 0.3 is 6.09 Å². The minimum Gasteiger partial charge on any atom is -0.446 e. The average Bonchev–Trinajstić information content (AvgIpc) is 3.54. The molecule has 0 radical (unpaired) electrons. The lowest BCUT2D eigenvalue weighted by Gasteiger charge is -2.53. The molecule has 2 aromatic carbocycles. The third-order valence-electron chi connectivity index (χ3n) is 13.7. The van der Waals surface area contributed by atoms with E-state index in [-0.39, 0.29) is 42.3 Å². The molecule has 1 aliphatic carbocycles. The standard InChI is InChI=1S/C42H57FN6O5S/c43-34-7-1-6-33(24-34)42(30-47-20-5-21-47,38-8-2-9-39(38)54-41(44)51)32-15-22-46(23-16-32)25-31-26-48(27-31)35-11-13-36(14-12-35)55(52,53)37-28-49(29-37)40(50)10-3-17-45-18-4-19-45/h1,3,6-7,10-14,24,31-32,37-39H,2,4-5,8-9,15-23,25-30H2,(H2,44,51)/b10-3+/t38-,39-,42?/m0/s1. The zero-order chi connectivity index (χ0) is 38.2. The van der Waals surface area contributed by atoms with Crippen molar-refractivity contribution in [2.24, 2.45) is 23.5 Å². The lowest BCUT2D eigenvalue weighted by molar-refractivity contribution is -0.129.